The number of rotatable bonds is 5. The quantitative estimate of drug-likeness (QED) is 0.845. The Balaban J connectivity index is 2.42. The lowest BCUT2D eigenvalue weighted by Gasteiger charge is -2.06. The summed E-state index contributed by atoms with van der Waals surface area (Å²) in [4.78, 5) is 14.7. The van der Waals surface area contributed by atoms with Crippen LogP contribution in [-0.4, -0.2) is 18.1 Å². The van der Waals surface area contributed by atoms with Gasteiger partial charge in [-0.1, -0.05) is 0 Å². The van der Waals surface area contributed by atoms with Crippen LogP contribution in [0.25, 0.3) is 10.9 Å². The van der Waals surface area contributed by atoms with Gasteiger partial charge in [-0.3, -0.25) is 4.79 Å². The first kappa shape index (κ1) is 12.6. The monoisotopic (exact) mass is 246 g/mol. The van der Waals surface area contributed by atoms with E-state index >= 15 is 0 Å². The summed E-state index contributed by atoms with van der Waals surface area (Å²) in [5.74, 6) is 0.821. The van der Waals surface area contributed by atoms with Crippen molar-refractivity contribution in [2.24, 2.45) is 5.73 Å². The molecule has 4 heteroatoms. The molecule has 0 aliphatic rings. The van der Waals surface area contributed by atoms with Gasteiger partial charge in [0.2, 0.25) is 0 Å². The number of benzene rings is 1. The molecular weight excluding hydrogens is 228 g/mol. The molecule has 18 heavy (non-hydrogen) atoms. The number of pyridine rings is 1. The highest BCUT2D eigenvalue weighted by molar-refractivity contribution is 5.80. The second-order valence-corrected chi connectivity index (χ2v) is 4.20. The van der Waals surface area contributed by atoms with Gasteiger partial charge in [0, 0.05) is 16.5 Å². The second kappa shape index (κ2) is 5.69. The standard InChI is InChI=1S/C14H18N2O2/c1-2-18-12-5-6-13-11(9-12)8-10(4-3-7-15)14(17)16-13/h5-6,8-9H,2-4,7,15H2,1H3,(H,16,17). The Bertz CT molecular complexity index is 590. The summed E-state index contributed by atoms with van der Waals surface area (Å²) in [6.45, 7) is 3.18. The topological polar surface area (TPSA) is 68.1 Å². The van der Waals surface area contributed by atoms with E-state index < -0.39 is 0 Å². The van der Waals surface area contributed by atoms with Crippen LogP contribution in [0, 0.1) is 0 Å². The van der Waals surface area contributed by atoms with Crippen LogP contribution in [0.2, 0.25) is 0 Å². The Kier molecular flexibility index (Phi) is 3.99. The van der Waals surface area contributed by atoms with Gasteiger partial charge < -0.3 is 15.5 Å². The minimum absolute atomic E-state index is 0.0277. The molecule has 2 aromatic rings. The van der Waals surface area contributed by atoms with Crippen molar-refractivity contribution < 1.29 is 4.74 Å². The Morgan fingerprint density at radius 2 is 2.17 bits per heavy atom. The van der Waals surface area contributed by atoms with Crippen LogP contribution in [0.5, 0.6) is 5.75 Å². The summed E-state index contributed by atoms with van der Waals surface area (Å²) >= 11 is 0. The van der Waals surface area contributed by atoms with Gasteiger partial charge in [-0.25, -0.2) is 0 Å². The Morgan fingerprint density at radius 1 is 1.33 bits per heavy atom. The predicted octanol–water partition coefficient (Wildman–Crippen LogP) is 1.82. The number of hydrogen-bond acceptors (Lipinski definition) is 3. The number of nitrogens with one attached hydrogen (secondary N) is 1. The molecular formula is C14H18N2O2. The Labute approximate surface area is 106 Å². The van der Waals surface area contributed by atoms with Crippen LogP contribution < -0.4 is 16.0 Å². The maximum absolute atomic E-state index is 11.8. The fraction of sp³-hybridized carbons (Fsp3) is 0.357. The van der Waals surface area contributed by atoms with Gasteiger partial charge in [0.25, 0.3) is 5.56 Å². The second-order valence-electron chi connectivity index (χ2n) is 4.20. The van der Waals surface area contributed by atoms with Crippen LogP contribution in [0.15, 0.2) is 29.1 Å². The highest BCUT2D eigenvalue weighted by Crippen LogP contribution is 2.19. The SMILES string of the molecule is CCOc1ccc2[nH]c(=O)c(CCCN)cc2c1. The summed E-state index contributed by atoms with van der Waals surface area (Å²) in [6.07, 6.45) is 1.53. The molecule has 0 bridgehead atoms. The van der Waals surface area contributed by atoms with Gasteiger partial charge in [-0.15, -0.1) is 0 Å². The Morgan fingerprint density at radius 3 is 2.89 bits per heavy atom. The van der Waals surface area contributed by atoms with E-state index in [2.05, 4.69) is 4.98 Å². The van der Waals surface area contributed by atoms with Gasteiger partial charge in [0.05, 0.1) is 6.61 Å². The van der Waals surface area contributed by atoms with Crippen LogP contribution in [0.1, 0.15) is 18.9 Å². The molecule has 4 nitrogen and oxygen atoms in total. The number of hydrogen-bond donors (Lipinski definition) is 2. The summed E-state index contributed by atoms with van der Waals surface area (Å²) < 4.78 is 5.45. The first-order valence-corrected chi connectivity index (χ1v) is 6.23. The molecule has 2 rings (SSSR count). The average Bonchev–Trinajstić information content (AvgIpc) is 2.37. The molecule has 0 saturated heterocycles. The molecule has 0 fully saturated rings. The molecule has 1 aromatic heterocycles. The van der Waals surface area contributed by atoms with E-state index in [1.54, 1.807) is 0 Å². The smallest absolute Gasteiger partial charge is 0.251 e. The van der Waals surface area contributed by atoms with Crippen molar-refractivity contribution in [1.82, 2.24) is 4.98 Å². The van der Waals surface area contributed by atoms with E-state index in [9.17, 15) is 4.79 Å². The van der Waals surface area contributed by atoms with E-state index in [-0.39, 0.29) is 5.56 Å². The third kappa shape index (κ3) is 2.71. The van der Waals surface area contributed by atoms with E-state index in [1.807, 2.05) is 31.2 Å². The molecule has 0 amide bonds. The minimum Gasteiger partial charge on any atom is -0.494 e. The van der Waals surface area contributed by atoms with Crippen LogP contribution in [-0.2, 0) is 6.42 Å². The number of aromatic amines is 1. The lowest BCUT2D eigenvalue weighted by atomic mass is 10.1. The van der Waals surface area contributed by atoms with Crippen LogP contribution >= 0.6 is 0 Å². The van der Waals surface area contributed by atoms with Crippen molar-refractivity contribution in [3.05, 3.63) is 40.2 Å². The largest absolute Gasteiger partial charge is 0.494 e. The van der Waals surface area contributed by atoms with E-state index in [4.69, 9.17) is 10.5 Å². The summed E-state index contributed by atoms with van der Waals surface area (Å²) in [5, 5.41) is 0.993. The lowest BCUT2D eigenvalue weighted by molar-refractivity contribution is 0.340. The first-order chi connectivity index (χ1) is 8.74. The number of aromatic nitrogens is 1. The molecule has 1 heterocycles. The van der Waals surface area contributed by atoms with Gasteiger partial charge in [0.15, 0.2) is 0 Å². The molecule has 0 radical (unpaired) electrons. The normalized spacial score (nSPS) is 10.8. The highest BCUT2D eigenvalue weighted by atomic mass is 16.5. The molecule has 0 atom stereocenters. The molecule has 3 N–H and O–H groups in total. The third-order valence-electron chi connectivity index (χ3n) is 2.85. The summed E-state index contributed by atoms with van der Waals surface area (Å²) in [5.41, 5.74) is 7.06. The molecule has 0 unspecified atom stereocenters. The molecule has 0 spiro atoms. The van der Waals surface area contributed by atoms with E-state index in [0.717, 1.165) is 28.6 Å². The zero-order valence-corrected chi connectivity index (χ0v) is 10.5. The zero-order valence-electron chi connectivity index (χ0n) is 10.5. The number of ether oxygens (including phenoxy) is 1. The van der Waals surface area contributed by atoms with Gasteiger partial charge >= 0.3 is 0 Å². The average molecular weight is 246 g/mol. The highest BCUT2D eigenvalue weighted by Gasteiger charge is 2.03. The van der Waals surface area contributed by atoms with Crippen LogP contribution in [0.3, 0.4) is 0 Å². The fourth-order valence-corrected chi connectivity index (χ4v) is 1.96. The number of H-pyrrole nitrogens is 1. The third-order valence-corrected chi connectivity index (χ3v) is 2.85. The van der Waals surface area contributed by atoms with Gasteiger partial charge in [0.1, 0.15) is 5.75 Å². The number of aryl methyl sites for hydroxylation is 1. The molecule has 0 saturated carbocycles. The zero-order chi connectivity index (χ0) is 13.0. The minimum atomic E-state index is -0.0277. The van der Waals surface area contributed by atoms with Crippen molar-refractivity contribution in [1.29, 1.82) is 0 Å². The fourth-order valence-electron chi connectivity index (χ4n) is 1.96. The summed E-state index contributed by atoms with van der Waals surface area (Å²) in [6, 6.07) is 7.60. The number of nitrogens with two attached hydrogens (primary N) is 1. The lowest BCUT2D eigenvalue weighted by Crippen LogP contribution is -2.13. The van der Waals surface area contributed by atoms with Crippen molar-refractivity contribution >= 4 is 10.9 Å². The van der Waals surface area contributed by atoms with Crippen LogP contribution in [0.4, 0.5) is 0 Å². The molecule has 0 aliphatic heterocycles. The van der Waals surface area contributed by atoms with Crippen molar-refractivity contribution in [2.45, 2.75) is 19.8 Å². The maximum Gasteiger partial charge on any atom is 0.251 e. The first-order valence-electron chi connectivity index (χ1n) is 6.23. The van der Waals surface area contributed by atoms with Crippen molar-refractivity contribution in [3.63, 3.8) is 0 Å². The van der Waals surface area contributed by atoms with Gasteiger partial charge in [-0.05, 0) is 50.6 Å². The summed E-state index contributed by atoms with van der Waals surface area (Å²) in [7, 11) is 0. The molecule has 96 valence electrons. The Hall–Kier alpha value is -1.81. The van der Waals surface area contributed by atoms with E-state index in [0.29, 0.717) is 19.6 Å². The molecule has 0 aliphatic carbocycles. The predicted molar refractivity (Wildman–Crippen MR) is 73.1 cm³/mol. The van der Waals surface area contributed by atoms with Gasteiger partial charge in [-0.2, -0.15) is 0 Å². The number of fused-ring (bicyclic) bond motifs is 1. The van der Waals surface area contributed by atoms with Crippen molar-refractivity contribution in [2.75, 3.05) is 13.2 Å². The van der Waals surface area contributed by atoms with Crippen molar-refractivity contribution in [3.8, 4) is 5.75 Å². The molecule has 1 aromatic carbocycles. The maximum atomic E-state index is 11.8. The van der Waals surface area contributed by atoms with E-state index in [1.165, 1.54) is 0 Å².